The highest BCUT2D eigenvalue weighted by molar-refractivity contribution is 9.10. The topological polar surface area (TPSA) is 35.9 Å². The highest BCUT2D eigenvalue weighted by atomic mass is 79.9. The number of halogens is 2. The Labute approximate surface area is 162 Å². The maximum Gasteiger partial charge on any atom is 0.120 e. The number of ether oxygens (including phenoxy) is 1. The van der Waals surface area contributed by atoms with Gasteiger partial charge in [0.25, 0.3) is 0 Å². The van der Waals surface area contributed by atoms with Gasteiger partial charge in [-0.05, 0) is 36.4 Å². The number of nitrogens with zero attached hydrogens (tertiary/aromatic N) is 2. The van der Waals surface area contributed by atoms with E-state index < -0.39 is 6.10 Å². The van der Waals surface area contributed by atoms with Crippen molar-refractivity contribution in [3.05, 3.63) is 58.0 Å². The molecule has 0 radical (unpaired) electrons. The SMILES string of the molecule is OC(COc1cccc(Br)c1)CN1CCN(c2cccc(Cl)c2)CC1. The number of hydrogen-bond donors (Lipinski definition) is 1. The smallest absolute Gasteiger partial charge is 0.120 e. The first-order valence-corrected chi connectivity index (χ1v) is 9.56. The minimum Gasteiger partial charge on any atom is -0.491 e. The van der Waals surface area contributed by atoms with Gasteiger partial charge in [0.1, 0.15) is 18.5 Å². The molecule has 6 heteroatoms. The van der Waals surface area contributed by atoms with Crippen LogP contribution in [0, 0.1) is 0 Å². The third-order valence-corrected chi connectivity index (χ3v) is 4.98. The van der Waals surface area contributed by atoms with Crippen LogP contribution in [0.3, 0.4) is 0 Å². The van der Waals surface area contributed by atoms with E-state index in [9.17, 15) is 5.11 Å². The lowest BCUT2D eigenvalue weighted by Gasteiger charge is -2.36. The number of hydrogen-bond acceptors (Lipinski definition) is 4. The van der Waals surface area contributed by atoms with Crippen molar-refractivity contribution < 1.29 is 9.84 Å². The van der Waals surface area contributed by atoms with Crippen LogP contribution < -0.4 is 9.64 Å². The first-order chi connectivity index (χ1) is 12.1. The molecule has 2 aromatic carbocycles. The standard InChI is InChI=1S/C19H22BrClN2O2/c20-15-3-1-6-19(11-15)25-14-18(24)13-22-7-9-23(10-8-22)17-5-2-4-16(21)12-17/h1-6,11-12,18,24H,7-10,13-14H2. The molecule has 1 saturated heterocycles. The summed E-state index contributed by atoms with van der Waals surface area (Å²) in [6, 6.07) is 15.6. The molecular weight excluding hydrogens is 404 g/mol. The maximum atomic E-state index is 10.2. The molecule has 25 heavy (non-hydrogen) atoms. The highest BCUT2D eigenvalue weighted by Gasteiger charge is 2.20. The Kier molecular flexibility index (Phi) is 6.59. The predicted octanol–water partition coefficient (Wildman–Crippen LogP) is 3.66. The van der Waals surface area contributed by atoms with Crippen LogP contribution in [-0.4, -0.2) is 55.4 Å². The zero-order valence-electron chi connectivity index (χ0n) is 13.9. The summed E-state index contributed by atoms with van der Waals surface area (Å²) in [7, 11) is 0. The summed E-state index contributed by atoms with van der Waals surface area (Å²) in [5, 5.41) is 11.0. The van der Waals surface area contributed by atoms with Crippen molar-refractivity contribution in [3.63, 3.8) is 0 Å². The number of anilines is 1. The Hall–Kier alpha value is -1.27. The van der Waals surface area contributed by atoms with Gasteiger partial charge < -0.3 is 14.7 Å². The fourth-order valence-corrected chi connectivity index (χ4v) is 3.52. The normalized spacial score (nSPS) is 16.7. The molecule has 2 aromatic rings. The molecule has 1 atom stereocenters. The van der Waals surface area contributed by atoms with E-state index in [1.54, 1.807) is 0 Å². The number of aliphatic hydroxyl groups is 1. The van der Waals surface area contributed by atoms with E-state index >= 15 is 0 Å². The van der Waals surface area contributed by atoms with Crippen molar-refractivity contribution >= 4 is 33.2 Å². The molecule has 1 aliphatic rings. The monoisotopic (exact) mass is 424 g/mol. The summed E-state index contributed by atoms with van der Waals surface area (Å²) < 4.78 is 6.63. The van der Waals surface area contributed by atoms with Crippen LogP contribution >= 0.6 is 27.5 Å². The van der Waals surface area contributed by atoms with Gasteiger partial charge in [0, 0.05) is 47.9 Å². The Balaban J connectivity index is 1.42. The largest absolute Gasteiger partial charge is 0.491 e. The van der Waals surface area contributed by atoms with Crippen LogP contribution in [-0.2, 0) is 0 Å². The number of β-amino-alcohol motifs (C(OH)–C–C–N with tert-alkyl or cyclic N) is 1. The van der Waals surface area contributed by atoms with Crippen molar-refractivity contribution in [2.24, 2.45) is 0 Å². The zero-order chi connectivity index (χ0) is 17.6. The molecule has 0 spiro atoms. The van der Waals surface area contributed by atoms with Gasteiger partial charge in [-0.15, -0.1) is 0 Å². The van der Waals surface area contributed by atoms with E-state index in [0.29, 0.717) is 13.2 Å². The second-order valence-electron chi connectivity index (χ2n) is 6.19. The molecule has 1 aliphatic heterocycles. The Morgan fingerprint density at radius 1 is 1.08 bits per heavy atom. The molecule has 3 rings (SSSR count). The third kappa shape index (κ3) is 5.61. The molecule has 4 nitrogen and oxygen atoms in total. The molecule has 0 saturated carbocycles. The van der Waals surface area contributed by atoms with E-state index in [2.05, 4.69) is 31.8 Å². The van der Waals surface area contributed by atoms with E-state index in [-0.39, 0.29) is 0 Å². The Morgan fingerprint density at radius 2 is 1.84 bits per heavy atom. The second-order valence-corrected chi connectivity index (χ2v) is 7.54. The summed E-state index contributed by atoms with van der Waals surface area (Å²) in [6.45, 7) is 4.61. The summed E-state index contributed by atoms with van der Waals surface area (Å²) >= 11 is 9.48. The molecule has 134 valence electrons. The molecule has 0 aliphatic carbocycles. The van der Waals surface area contributed by atoms with Gasteiger partial charge >= 0.3 is 0 Å². The summed E-state index contributed by atoms with van der Waals surface area (Å²) in [5.41, 5.74) is 1.16. The minimum absolute atomic E-state index is 0.297. The molecule has 1 N–H and O–H groups in total. The van der Waals surface area contributed by atoms with Crippen molar-refractivity contribution in [3.8, 4) is 5.75 Å². The predicted molar refractivity (Wildman–Crippen MR) is 106 cm³/mol. The molecule has 1 heterocycles. The van der Waals surface area contributed by atoms with E-state index in [4.69, 9.17) is 16.3 Å². The molecule has 1 unspecified atom stereocenters. The number of rotatable bonds is 6. The van der Waals surface area contributed by atoms with Gasteiger partial charge in [-0.2, -0.15) is 0 Å². The average molecular weight is 426 g/mol. The van der Waals surface area contributed by atoms with Crippen molar-refractivity contribution in [1.82, 2.24) is 4.90 Å². The van der Waals surface area contributed by atoms with Crippen molar-refractivity contribution in [2.45, 2.75) is 6.10 Å². The fourth-order valence-electron chi connectivity index (χ4n) is 2.96. The lowest BCUT2D eigenvalue weighted by molar-refractivity contribution is 0.0663. The summed E-state index contributed by atoms with van der Waals surface area (Å²) in [4.78, 5) is 4.60. The molecular formula is C19H22BrClN2O2. The van der Waals surface area contributed by atoms with E-state index in [1.807, 2.05) is 42.5 Å². The van der Waals surface area contributed by atoms with Crippen molar-refractivity contribution in [2.75, 3.05) is 44.2 Å². The van der Waals surface area contributed by atoms with Gasteiger partial charge in [0.2, 0.25) is 0 Å². The van der Waals surface area contributed by atoms with Crippen LogP contribution in [0.25, 0.3) is 0 Å². The first kappa shape index (κ1) is 18.5. The molecule has 1 fully saturated rings. The van der Waals surface area contributed by atoms with Crippen molar-refractivity contribution in [1.29, 1.82) is 0 Å². The van der Waals surface area contributed by atoms with Gasteiger partial charge in [-0.1, -0.05) is 39.7 Å². The van der Waals surface area contributed by atoms with Crippen LogP contribution in [0.15, 0.2) is 53.0 Å². The average Bonchev–Trinajstić information content (AvgIpc) is 2.61. The summed E-state index contributed by atoms with van der Waals surface area (Å²) in [6.07, 6.45) is -0.503. The molecule has 0 bridgehead atoms. The number of benzene rings is 2. The minimum atomic E-state index is -0.503. The second kappa shape index (κ2) is 8.90. The summed E-state index contributed by atoms with van der Waals surface area (Å²) in [5.74, 6) is 0.763. The highest BCUT2D eigenvalue weighted by Crippen LogP contribution is 2.21. The first-order valence-electron chi connectivity index (χ1n) is 8.39. The van der Waals surface area contributed by atoms with Crippen LogP contribution in [0.2, 0.25) is 5.02 Å². The lowest BCUT2D eigenvalue weighted by Crippen LogP contribution is -2.49. The van der Waals surface area contributed by atoms with E-state index in [0.717, 1.165) is 47.1 Å². The van der Waals surface area contributed by atoms with Crippen LogP contribution in [0.4, 0.5) is 5.69 Å². The zero-order valence-corrected chi connectivity index (χ0v) is 16.3. The van der Waals surface area contributed by atoms with Gasteiger partial charge in [-0.25, -0.2) is 0 Å². The molecule has 0 amide bonds. The Bertz CT molecular complexity index is 693. The maximum absolute atomic E-state index is 10.2. The van der Waals surface area contributed by atoms with Gasteiger partial charge in [-0.3, -0.25) is 4.90 Å². The van der Waals surface area contributed by atoms with E-state index in [1.165, 1.54) is 0 Å². The molecule has 0 aromatic heterocycles. The van der Waals surface area contributed by atoms with Crippen LogP contribution in [0.1, 0.15) is 0 Å². The van der Waals surface area contributed by atoms with Gasteiger partial charge in [0.15, 0.2) is 0 Å². The third-order valence-electron chi connectivity index (χ3n) is 4.25. The van der Waals surface area contributed by atoms with Crippen LogP contribution in [0.5, 0.6) is 5.75 Å². The number of aliphatic hydroxyl groups excluding tert-OH is 1. The number of piperazine rings is 1. The lowest BCUT2D eigenvalue weighted by atomic mass is 10.2. The Morgan fingerprint density at radius 3 is 2.56 bits per heavy atom. The quantitative estimate of drug-likeness (QED) is 0.766. The van der Waals surface area contributed by atoms with Gasteiger partial charge in [0.05, 0.1) is 0 Å². The fraction of sp³-hybridized carbons (Fsp3) is 0.368.